The first kappa shape index (κ1) is 17.2. The molecule has 1 aliphatic heterocycles. The smallest absolute Gasteiger partial charge is 0.227 e. The molecule has 1 N–H and O–H groups in total. The zero-order chi connectivity index (χ0) is 17.8. The Labute approximate surface area is 148 Å². The second-order valence-corrected chi connectivity index (χ2v) is 6.67. The van der Waals surface area contributed by atoms with Crippen LogP contribution in [0, 0.1) is 0 Å². The predicted octanol–water partition coefficient (Wildman–Crippen LogP) is 1.48. The van der Waals surface area contributed by atoms with E-state index < -0.39 is 0 Å². The summed E-state index contributed by atoms with van der Waals surface area (Å²) in [6, 6.07) is 4.31. The van der Waals surface area contributed by atoms with Crippen molar-refractivity contribution in [2.45, 2.75) is 18.9 Å². The molecule has 2 aromatic rings. The van der Waals surface area contributed by atoms with Gasteiger partial charge in [-0.15, -0.1) is 0 Å². The molecule has 0 bridgehead atoms. The van der Waals surface area contributed by atoms with E-state index in [4.69, 9.17) is 0 Å². The van der Waals surface area contributed by atoms with E-state index in [1.165, 1.54) is 0 Å². The molecule has 0 amide bonds. The van der Waals surface area contributed by atoms with Gasteiger partial charge in [0.2, 0.25) is 5.95 Å². The van der Waals surface area contributed by atoms with Gasteiger partial charge in [0.25, 0.3) is 0 Å². The lowest BCUT2D eigenvalue weighted by Crippen LogP contribution is -2.40. The van der Waals surface area contributed by atoms with E-state index in [-0.39, 0.29) is 0 Å². The van der Waals surface area contributed by atoms with Crippen LogP contribution in [-0.2, 0) is 0 Å². The molecule has 0 aliphatic carbocycles. The normalized spacial score (nSPS) is 15.1. The lowest BCUT2D eigenvalue weighted by atomic mass is 10.1. The molecule has 3 rings (SSSR count). The summed E-state index contributed by atoms with van der Waals surface area (Å²) in [5.74, 6) is 3.52. The molecule has 0 atom stereocenters. The highest BCUT2D eigenvalue weighted by atomic mass is 15.3. The van der Waals surface area contributed by atoms with Crippen molar-refractivity contribution < 1.29 is 0 Å². The lowest BCUT2D eigenvalue weighted by molar-refractivity contribution is 0.518. The highest BCUT2D eigenvalue weighted by molar-refractivity contribution is 5.48. The van der Waals surface area contributed by atoms with E-state index in [1.54, 1.807) is 6.33 Å². The maximum Gasteiger partial charge on any atom is 0.227 e. The van der Waals surface area contributed by atoms with Crippen molar-refractivity contribution >= 4 is 23.4 Å². The van der Waals surface area contributed by atoms with Gasteiger partial charge in [0, 0.05) is 59.6 Å². The average molecular weight is 342 g/mol. The fourth-order valence-corrected chi connectivity index (χ4v) is 2.84. The maximum absolute atomic E-state index is 4.63. The topological polar surface area (TPSA) is 73.3 Å². The monoisotopic (exact) mass is 342 g/mol. The molecular formula is C17H26N8. The van der Waals surface area contributed by atoms with Crippen LogP contribution in [0.15, 0.2) is 24.7 Å². The fourth-order valence-electron chi connectivity index (χ4n) is 2.84. The fraction of sp³-hybridized carbons (Fsp3) is 0.529. The van der Waals surface area contributed by atoms with Crippen LogP contribution in [-0.4, -0.2) is 67.3 Å². The molecule has 1 saturated heterocycles. The second-order valence-electron chi connectivity index (χ2n) is 6.67. The molecule has 3 heterocycles. The summed E-state index contributed by atoms with van der Waals surface area (Å²) in [7, 11) is 7.94. The molecule has 0 spiro atoms. The standard InChI is InChI=1S/C17H26N8/c1-23(2)15-5-8-18-17(22-15)25-9-6-13(7-10-25)21-14-11-16(24(3)4)20-12-19-14/h5,8,11-13H,6-7,9-10H2,1-4H3,(H,19,20,21). The molecule has 0 radical (unpaired) electrons. The molecule has 0 saturated carbocycles. The van der Waals surface area contributed by atoms with E-state index in [0.29, 0.717) is 6.04 Å². The van der Waals surface area contributed by atoms with Crippen LogP contribution in [0.5, 0.6) is 0 Å². The van der Waals surface area contributed by atoms with E-state index >= 15 is 0 Å². The van der Waals surface area contributed by atoms with Gasteiger partial charge in [-0.25, -0.2) is 15.0 Å². The third-order valence-electron chi connectivity index (χ3n) is 4.33. The largest absolute Gasteiger partial charge is 0.367 e. The predicted molar refractivity (Wildman–Crippen MR) is 102 cm³/mol. The number of rotatable bonds is 5. The van der Waals surface area contributed by atoms with Gasteiger partial charge in [-0.3, -0.25) is 0 Å². The summed E-state index contributed by atoms with van der Waals surface area (Å²) in [5, 5.41) is 3.52. The maximum atomic E-state index is 4.63. The minimum atomic E-state index is 0.401. The molecule has 2 aromatic heterocycles. The first-order valence-corrected chi connectivity index (χ1v) is 8.54. The van der Waals surface area contributed by atoms with Gasteiger partial charge < -0.3 is 20.0 Å². The van der Waals surface area contributed by atoms with Crippen LogP contribution in [0.25, 0.3) is 0 Å². The van der Waals surface area contributed by atoms with Crippen LogP contribution in [0.2, 0.25) is 0 Å². The zero-order valence-corrected chi connectivity index (χ0v) is 15.3. The van der Waals surface area contributed by atoms with Crippen LogP contribution in [0.4, 0.5) is 23.4 Å². The Kier molecular flexibility index (Phi) is 5.16. The Morgan fingerprint density at radius 1 is 1.00 bits per heavy atom. The van der Waals surface area contributed by atoms with Crippen molar-refractivity contribution in [3.8, 4) is 0 Å². The van der Waals surface area contributed by atoms with Crippen molar-refractivity contribution in [2.75, 3.05) is 61.3 Å². The molecule has 1 aliphatic rings. The van der Waals surface area contributed by atoms with Gasteiger partial charge in [-0.2, -0.15) is 4.98 Å². The number of nitrogens with zero attached hydrogens (tertiary/aromatic N) is 7. The Hall–Kier alpha value is -2.64. The molecule has 1 fully saturated rings. The summed E-state index contributed by atoms with van der Waals surface area (Å²) in [5.41, 5.74) is 0. The summed E-state index contributed by atoms with van der Waals surface area (Å²) in [6.45, 7) is 1.86. The van der Waals surface area contributed by atoms with Crippen LogP contribution in [0.1, 0.15) is 12.8 Å². The highest BCUT2D eigenvalue weighted by Crippen LogP contribution is 2.21. The second kappa shape index (κ2) is 7.50. The number of hydrogen-bond donors (Lipinski definition) is 1. The average Bonchev–Trinajstić information content (AvgIpc) is 2.62. The molecular weight excluding hydrogens is 316 g/mol. The molecule has 0 unspecified atom stereocenters. The minimum absolute atomic E-state index is 0.401. The summed E-state index contributed by atoms with van der Waals surface area (Å²) in [6.07, 6.45) is 5.48. The molecule has 134 valence electrons. The Morgan fingerprint density at radius 2 is 1.72 bits per heavy atom. The molecule has 0 aromatic carbocycles. The SMILES string of the molecule is CN(C)c1cc(NC2CCN(c3nccc(N(C)C)n3)CC2)ncn1. The molecule has 8 nitrogen and oxygen atoms in total. The Bertz CT molecular complexity index is 695. The van der Waals surface area contributed by atoms with E-state index in [0.717, 1.165) is 49.3 Å². The Morgan fingerprint density at radius 3 is 2.40 bits per heavy atom. The lowest BCUT2D eigenvalue weighted by Gasteiger charge is -2.33. The first-order chi connectivity index (χ1) is 12.0. The number of nitrogens with one attached hydrogen (secondary N) is 1. The van der Waals surface area contributed by atoms with E-state index in [2.05, 4.69) is 30.2 Å². The third kappa shape index (κ3) is 4.26. The van der Waals surface area contributed by atoms with E-state index in [1.807, 2.05) is 56.3 Å². The number of piperidine rings is 1. The van der Waals surface area contributed by atoms with Crippen LogP contribution in [0.3, 0.4) is 0 Å². The van der Waals surface area contributed by atoms with Gasteiger partial charge >= 0.3 is 0 Å². The summed E-state index contributed by atoms with van der Waals surface area (Å²) < 4.78 is 0. The number of anilines is 4. The summed E-state index contributed by atoms with van der Waals surface area (Å²) >= 11 is 0. The van der Waals surface area contributed by atoms with E-state index in [9.17, 15) is 0 Å². The third-order valence-corrected chi connectivity index (χ3v) is 4.33. The Balaban J connectivity index is 1.59. The molecule has 8 heteroatoms. The van der Waals surface area contributed by atoms with Crippen molar-refractivity contribution in [1.82, 2.24) is 19.9 Å². The van der Waals surface area contributed by atoms with Crippen molar-refractivity contribution in [2.24, 2.45) is 0 Å². The van der Waals surface area contributed by atoms with Gasteiger partial charge in [-0.05, 0) is 18.9 Å². The van der Waals surface area contributed by atoms with Crippen LogP contribution >= 0.6 is 0 Å². The summed E-state index contributed by atoms with van der Waals surface area (Å²) in [4.78, 5) is 23.9. The van der Waals surface area contributed by atoms with Crippen molar-refractivity contribution in [3.05, 3.63) is 24.7 Å². The minimum Gasteiger partial charge on any atom is -0.367 e. The van der Waals surface area contributed by atoms with Gasteiger partial charge in [0.1, 0.15) is 23.8 Å². The van der Waals surface area contributed by atoms with Crippen LogP contribution < -0.4 is 20.0 Å². The molecule has 25 heavy (non-hydrogen) atoms. The highest BCUT2D eigenvalue weighted by Gasteiger charge is 2.21. The van der Waals surface area contributed by atoms with Crippen molar-refractivity contribution in [1.29, 1.82) is 0 Å². The van der Waals surface area contributed by atoms with Crippen molar-refractivity contribution in [3.63, 3.8) is 0 Å². The number of hydrogen-bond acceptors (Lipinski definition) is 8. The van der Waals surface area contributed by atoms with Gasteiger partial charge in [-0.1, -0.05) is 0 Å². The quantitative estimate of drug-likeness (QED) is 0.876. The van der Waals surface area contributed by atoms with Gasteiger partial charge in [0.05, 0.1) is 0 Å². The number of aromatic nitrogens is 4. The first-order valence-electron chi connectivity index (χ1n) is 8.54. The van der Waals surface area contributed by atoms with Gasteiger partial charge in [0.15, 0.2) is 0 Å². The zero-order valence-electron chi connectivity index (χ0n) is 15.3.